The Morgan fingerprint density at radius 2 is 2.33 bits per heavy atom. The molecule has 1 saturated heterocycles. The second-order valence-electron chi connectivity index (χ2n) is 5.54. The molecule has 1 aromatic rings. The number of aliphatic hydroxyl groups excluding tert-OH is 1. The lowest BCUT2D eigenvalue weighted by molar-refractivity contribution is -0.117. The summed E-state index contributed by atoms with van der Waals surface area (Å²) >= 11 is 5.83. The van der Waals surface area contributed by atoms with Crippen LogP contribution in [-0.2, 0) is 4.79 Å². The molecule has 116 valence electrons. The molecular weight excluding hydrogens is 290 g/mol. The van der Waals surface area contributed by atoms with Crippen molar-refractivity contribution in [1.29, 1.82) is 0 Å². The number of amides is 1. The van der Waals surface area contributed by atoms with Gasteiger partial charge in [0.15, 0.2) is 0 Å². The summed E-state index contributed by atoms with van der Waals surface area (Å²) in [5, 5.41) is 12.4. The highest BCUT2D eigenvalue weighted by Gasteiger charge is 2.21. The third-order valence-corrected chi connectivity index (χ3v) is 4.03. The highest BCUT2D eigenvalue weighted by Crippen LogP contribution is 2.23. The Hall–Kier alpha value is -1.30. The Kier molecular flexibility index (Phi) is 5.85. The van der Waals surface area contributed by atoms with Gasteiger partial charge in [0.1, 0.15) is 0 Å². The van der Waals surface area contributed by atoms with Gasteiger partial charge in [-0.1, -0.05) is 11.6 Å². The van der Waals surface area contributed by atoms with E-state index in [1.54, 1.807) is 18.2 Å². The first-order valence-electron chi connectivity index (χ1n) is 7.26. The third-order valence-electron chi connectivity index (χ3n) is 3.80. The summed E-state index contributed by atoms with van der Waals surface area (Å²) in [7, 11) is 0. The minimum absolute atomic E-state index is 0.0753. The Labute approximate surface area is 130 Å². The van der Waals surface area contributed by atoms with Crippen LogP contribution in [0.25, 0.3) is 0 Å². The van der Waals surface area contributed by atoms with E-state index in [-0.39, 0.29) is 12.5 Å². The number of likely N-dealkylation sites (tertiary alicyclic amines) is 1. The molecular formula is C15H22ClN3O2. The van der Waals surface area contributed by atoms with Gasteiger partial charge in [-0.15, -0.1) is 0 Å². The summed E-state index contributed by atoms with van der Waals surface area (Å²) in [4.78, 5) is 14.2. The fourth-order valence-electron chi connectivity index (χ4n) is 2.75. The number of nitrogen functional groups attached to an aromatic ring is 1. The van der Waals surface area contributed by atoms with Gasteiger partial charge in [-0.05, 0) is 49.9 Å². The molecule has 1 heterocycles. The van der Waals surface area contributed by atoms with Crippen molar-refractivity contribution < 1.29 is 9.90 Å². The number of anilines is 2. The van der Waals surface area contributed by atoms with Crippen molar-refractivity contribution in [3.8, 4) is 0 Å². The average molecular weight is 312 g/mol. The number of nitrogens with one attached hydrogen (secondary N) is 1. The van der Waals surface area contributed by atoms with Gasteiger partial charge in [-0.25, -0.2) is 0 Å². The molecule has 1 aliphatic heterocycles. The maximum atomic E-state index is 12.1. The fraction of sp³-hybridized carbons (Fsp3) is 0.533. The topological polar surface area (TPSA) is 78.6 Å². The molecule has 1 atom stereocenters. The monoisotopic (exact) mass is 311 g/mol. The molecule has 0 spiro atoms. The number of carbonyl (C=O) groups is 1. The van der Waals surface area contributed by atoms with Crippen molar-refractivity contribution in [2.75, 3.05) is 37.3 Å². The van der Waals surface area contributed by atoms with Gasteiger partial charge in [0.25, 0.3) is 0 Å². The molecule has 1 unspecified atom stereocenters. The molecule has 1 amide bonds. The molecule has 0 saturated carbocycles. The zero-order valence-corrected chi connectivity index (χ0v) is 12.8. The van der Waals surface area contributed by atoms with E-state index in [4.69, 9.17) is 22.4 Å². The molecule has 0 bridgehead atoms. The lowest BCUT2D eigenvalue weighted by Crippen LogP contribution is -2.40. The minimum atomic E-state index is -0.0753. The number of aliphatic hydroxyl groups is 1. The summed E-state index contributed by atoms with van der Waals surface area (Å²) in [6.45, 7) is 2.35. The molecule has 5 nitrogen and oxygen atoms in total. The molecule has 1 fully saturated rings. The molecule has 0 radical (unpaired) electrons. The van der Waals surface area contributed by atoms with E-state index in [1.807, 2.05) is 0 Å². The third kappa shape index (κ3) is 4.88. The number of piperidine rings is 1. The van der Waals surface area contributed by atoms with Crippen molar-refractivity contribution in [1.82, 2.24) is 4.90 Å². The first kappa shape index (κ1) is 16.1. The standard InChI is InChI=1S/C15H22ClN3O2/c16-12-3-4-14(13(17)8-12)18-15(21)10-19-6-1-2-11(9-19)5-7-20/h3-4,8,11,20H,1-2,5-7,9-10,17H2,(H,18,21). The summed E-state index contributed by atoms with van der Waals surface area (Å²) in [5.41, 5.74) is 6.88. The summed E-state index contributed by atoms with van der Waals surface area (Å²) in [6, 6.07) is 5.03. The molecule has 1 aromatic carbocycles. The highest BCUT2D eigenvalue weighted by atomic mass is 35.5. The number of rotatable bonds is 5. The van der Waals surface area contributed by atoms with E-state index in [1.165, 1.54) is 0 Å². The zero-order valence-electron chi connectivity index (χ0n) is 12.0. The van der Waals surface area contributed by atoms with Gasteiger partial charge in [0.2, 0.25) is 5.91 Å². The van der Waals surface area contributed by atoms with Crippen LogP contribution in [0.4, 0.5) is 11.4 Å². The second-order valence-corrected chi connectivity index (χ2v) is 5.97. The van der Waals surface area contributed by atoms with Crippen LogP contribution in [0, 0.1) is 5.92 Å². The largest absolute Gasteiger partial charge is 0.397 e. The van der Waals surface area contributed by atoms with Crippen LogP contribution in [0.5, 0.6) is 0 Å². The number of benzene rings is 1. The SMILES string of the molecule is Nc1cc(Cl)ccc1NC(=O)CN1CCCC(CCO)C1. The molecule has 4 N–H and O–H groups in total. The van der Waals surface area contributed by atoms with E-state index >= 15 is 0 Å². The Morgan fingerprint density at radius 3 is 3.05 bits per heavy atom. The summed E-state index contributed by atoms with van der Waals surface area (Å²) < 4.78 is 0. The number of halogens is 1. The molecule has 0 aromatic heterocycles. The van der Waals surface area contributed by atoms with E-state index in [0.717, 1.165) is 32.4 Å². The second kappa shape index (κ2) is 7.64. The molecule has 21 heavy (non-hydrogen) atoms. The maximum absolute atomic E-state index is 12.1. The van der Waals surface area contributed by atoms with Gasteiger partial charge < -0.3 is 16.2 Å². The lowest BCUT2D eigenvalue weighted by Gasteiger charge is -2.31. The first-order chi connectivity index (χ1) is 10.1. The van der Waals surface area contributed by atoms with Crippen LogP contribution < -0.4 is 11.1 Å². The predicted molar refractivity (Wildman–Crippen MR) is 85.4 cm³/mol. The van der Waals surface area contributed by atoms with Crippen LogP contribution in [0.1, 0.15) is 19.3 Å². The van der Waals surface area contributed by atoms with Crippen LogP contribution in [0.3, 0.4) is 0 Å². The number of nitrogens with zero attached hydrogens (tertiary/aromatic N) is 1. The maximum Gasteiger partial charge on any atom is 0.238 e. The first-order valence-corrected chi connectivity index (χ1v) is 7.64. The van der Waals surface area contributed by atoms with Gasteiger partial charge in [0, 0.05) is 18.2 Å². The van der Waals surface area contributed by atoms with Crippen molar-refractivity contribution in [3.63, 3.8) is 0 Å². The van der Waals surface area contributed by atoms with Gasteiger partial charge >= 0.3 is 0 Å². The smallest absolute Gasteiger partial charge is 0.238 e. The fourth-order valence-corrected chi connectivity index (χ4v) is 2.93. The summed E-state index contributed by atoms with van der Waals surface area (Å²) in [5.74, 6) is 0.408. The molecule has 1 aliphatic rings. The zero-order chi connectivity index (χ0) is 15.2. The quantitative estimate of drug-likeness (QED) is 0.726. The van der Waals surface area contributed by atoms with Crippen LogP contribution in [-0.4, -0.2) is 42.2 Å². The van der Waals surface area contributed by atoms with Crippen molar-refractivity contribution >= 4 is 28.9 Å². The molecule has 0 aliphatic carbocycles. The lowest BCUT2D eigenvalue weighted by atomic mass is 9.95. The van der Waals surface area contributed by atoms with Crippen LogP contribution >= 0.6 is 11.6 Å². The average Bonchev–Trinajstić information content (AvgIpc) is 2.43. The highest BCUT2D eigenvalue weighted by molar-refractivity contribution is 6.31. The Morgan fingerprint density at radius 1 is 1.52 bits per heavy atom. The molecule has 6 heteroatoms. The van der Waals surface area contributed by atoms with Crippen molar-refractivity contribution in [2.24, 2.45) is 5.92 Å². The normalized spacial score (nSPS) is 19.4. The Balaban J connectivity index is 1.86. The summed E-state index contributed by atoms with van der Waals surface area (Å²) in [6.07, 6.45) is 3.01. The Bertz CT molecular complexity index is 494. The number of hydrogen-bond donors (Lipinski definition) is 3. The minimum Gasteiger partial charge on any atom is -0.397 e. The number of carbonyl (C=O) groups excluding carboxylic acids is 1. The van der Waals surface area contributed by atoms with E-state index < -0.39 is 0 Å². The van der Waals surface area contributed by atoms with Gasteiger partial charge in [-0.2, -0.15) is 0 Å². The van der Waals surface area contributed by atoms with E-state index in [9.17, 15) is 4.79 Å². The number of hydrogen-bond acceptors (Lipinski definition) is 4. The van der Waals surface area contributed by atoms with E-state index in [0.29, 0.717) is 28.9 Å². The van der Waals surface area contributed by atoms with Gasteiger partial charge in [-0.3, -0.25) is 9.69 Å². The van der Waals surface area contributed by atoms with Crippen LogP contribution in [0.2, 0.25) is 5.02 Å². The van der Waals surface area contributed by atoms with Crippen molar-refractivity contribution in [2.45, 2.75) is 19.3 Å². The van der Waals surface area contributed by atoms with Crippen molar-refractivity contribution in [3.05, 3.63) is 23.2 Å². The number of nitrogens with two attached hydrogens (primary N) is 1. The van der Waals surface area contributed by atoms with Gasteiger partial charge in [0.05, 0.1) is 17.9 Å². The molecule has 2 rings (SSSR count). The predicted octanol–water partition coefficient (Wildman–Crippen LogP) is 1.96. The van der Waals surface area contributed by atoms with Crippen LogP contribution in [0.15, 0.2) is 18.2 Å². The van der Waals surface area contributed by atoms with E-state index in [2.05, 4.69) is 10.2 Å².